The molecule has 0 radical (unpaired) electrons. The molecule has 2 aliphatic carbocycles. The normalized spacial score (nSPS) is 21.9. The maximum absolute atomic E-state index is 11.3. The molecule has 2 rings (SSSR count). The van der Waals surface area contributed by atoms with Gasteiger partial charge in [-0.1, -0.05) is 0 Å². The first-order valence-corrected chi connectivity index (χ1v) is 5.37. The molecular formula is C10H16N2O3. The van der Waals surface area contributed by atoms with Gasteiger partial charge in [-0.15, -0.1) is 0 Å². The van der Waals surface area contributed by atoms with Gasteiger partial charge in [0.15, 0.2) is 0 Å². The summed E-state index contributed by atoms with van der Waals surface area (Å²) < 4.78 is 0. The highest BCUT2D eigenvalue weighted by atomic mass is 16.4. The van der Waals surface area contributed by atoms with Gasteiger partial charge in [0.2, 0.25) is 0 Å². The molecule has 84 valence electrons. The van der Waals surface area contributed by atoms with E-state index in [9.17, 15) is 9.59 Å². The molecular weight excluding hydrogens is 196 g/mol. The van der Waals surface area contributed by atoms with Gasteiger partial charge in [0, 0.05) is 13.1 Å². The van der Waals surface area contributed by atoms with Gasteiger partial charge in [-0.05, 0) is 31.6 Å². The predicted octanol–water partition coefficient (Wildman–Crippen LogP) is 0.560. The maximum atomic E-state index is 11.3. The fourth-order valence-electron chi connectivity index (χ4n) is 1.49. The minimum Gasteiger partial charge on any atom is -0.481 e. The summed E-state index contributed by atoms with van der Waals surface area (Å²) >= 11 is 0. The summed E-state index contributed by atoms with van der Waals surface area (Å²) in [5.41, 5.74) is -0.670. The maximum Gasteiger partial charge on any atom is 0.314 e. The number of carboxylic acid groups (broad SMARTS) is 1. The second-order valence-corrected chi connectivity index (χ2v) is 4.59. The third-order valence-corrected chi connectivity index (χ3v) is 3.14. The van der Waals surface area contributed by atoms with E-state index < -0.39 is 11.4 Å². The number of carbonyl (C=O) groups is 2. The monoisotopic (exact) mass is 212 g/mol. The van der Waals surface area contributed by atoms with E-state index >= 15 is 0 Å². The van der Waals surface area contributed by atoms with Gasteiger partial charge in [-0.25, -0.2) is 4.79 Å². The molecule has 0 aromatic carbocycles. The van der Waals surface area contributed by atoms with E-state index in [0.717, 1.165) is 0 Å². The van der Waals surface area contributed by atoms with E-state index in [1.54, 1.807) is 0 Å². The molecule has 0 spiro atoms. The molecule has 0 aromatic heterocycles. The lowest BCUT2D eigenvalue weighted by molar-refractivity contribution is -0.143. The summed E-state index contributed by atoms with van der Waals surface area (Å²) in [5.74, 6) is -0.157. The number of aliphatic carboxylic acids is 1. The molecule has 5 nitrogen and oxygen atoms in total. The fraction of sp³-hybridized carbons (Fsp3) is 0.800. The molecule has 0 atom stereocenters. The molecule has 0 aromatic rings. The summed E-state index contributed by atoms with van der Waals surface area (Å²) in [4.78, 5) is 22.1. The minimum absolute atomic E-state index is 0.241. The first-order valence-electron chi connectivity index (χ1n) is 5.37. The van der Waals surface area contributed by atoms with Gasteiger partial charge in [-0.3, -0.25) is 4.79 Å². The van der Waals surface area contributed by atoms with E-state index in [1.807, 2.05) is 0 Å². The van der Waals surface area contributed by atoms with Crippen LogP contribution in [0.4, 0.5) is 4.79 Å². The van der Waals surface area contributed by atoms with Crippen molar-refractivity contribution < 1.29 is 14.7 Å². The first-order chi connectivity index (χ1) is 7.12. The second-order valence-electron chi connectivity index (χ2n) is 4.59. The largest absolute Gasteiger partial charge is 0.481 e. The third kappa shape index (κ3) is 2.61. The zero-order valence-corrected chi connectivity index (χ0v) is 8.58. The lowest BCUT2D eigenvalue weighted by atomic mass is 10.1. The summed E-state index contributed by atoms with van der Waals surface area (Å²) in [6.45, 7) is 0.963. The molecule has 2 amide bonds. The van der Waals surface area contributed by atoms with Gasteiger partial charge >= 0.3 is 12.0 Å². The van der Waals surface area contributed by atoms with Crippen LogP contribution in [0.1, 0.15) is 25.7 Å². The Morgan fingerprint density at radius 2 is 1.93 bits per heavy atom. The van der Waals surface area contributed by atoms with Crippen LogP contribution < -0.4 is 10.6 Å². The number of hydrogen-bond donors (Lipinski definition) is 3. The Labute approximate surface area is 88.2 Å². The Hall–Kier alpha value is -1.26. The van der Waals surface area contributed by atoms with Gasteiger partial charge in [-0.2, -0.15) is 0 Å². The van der Waals surface area contributed by atoms with Crippen LogP contribution >= 0.6 is 0 Å². The molecule has 0 bridgehead atoms. The Bertz CT molecular complexity index is 282. The number of carboxylic acids is 1. The Kier molecular flexibility index (Phi) is 2.54. The SMILES string of the molecule is O=C(NCC1CC1)NCC1(C(=O)O)CC1. The smallest absolute Gasteiger partial charge is 0.314 e. The zero-order chi connectivity index (χ0) is 10.9. The molecule has 5 heteroatoms. The number of hydrogen-bond acceptors (Lipinski definition) is 2. The highest BCUT2D eigenvalue weighted by Gasteiger charge is 2.50. The summed E-state index contributed by atoms with van der Waals surface area (Å²) in [7, 11) is 0. The van der Waals surface area contributed by atoms with E-state index in [2.05, 4.69) is 10.6 Å². The van der Waals surface area contributed by atoms with Crippen LogP contribution in [0, 0.1) is 11.3 Å². The van der Waals surface area contributed by atoms with Crippen molar-refractivity contribution in [2.45, 2.75) is 25.7 Å². The Balaban J connectivity index is 1.64. The van der Waals surface area contributed by atoms with E-state index in [4.69, 9.17) is 5.11 Å². The average molecular weight is 212 g/mol. The van der Waals surface area contributed by atoms with Crippen molar-refractivity contribution in [3.63, 3.8) is 0 Å². The topological polar surface area (TPSA) is 78.4 Å². The summed E-state index contributed by atoms with van der Waals surface area (Å²) in [6, 6.07) is -0.241. The van der Waals surface area contributed by atoms with Gasteiger partial charge in [0.05, 0.1) is 5.41 Å². The Morgan fingerprint density at radius 1 is 1.27 bits per heavy atom. The standard InChI is InChI=1S/C10H16N2O3/c13-8(14)10(3-4-10)6-12-9(15)11-5-7-1-2-7/h7H,1-6H2,(H,13,14)(H2,11,12,15). The van der Waals surface area contributed by atoms with E-state index in [-0.39, 0.29) is 12.6 Å². The minimum atomic E-state index is -0.801. The molecule has 2 aliphatic rings. The lowest BCUT2D eigenvalue weighted by Crippen LogP contribution is -2.41. The highest BCUT2D eigenvalue weighted by Crippen LogP contribution is 2.45. The van der Waals surface area contributed by atoms with E-state index in [0.29, 0.717) is 25.3 Å². The van der Waals surface area contributed by atoms with Gasteiger partial charge in [0.25, 0.3) is 0 Å². The van der Waals surface area contributed by atoms with Crippen LogP contribution in [-0.2, 0) is 4.79 Å². The zero-order valence-electron chi connectivity index (χ0n) is 8.58. The Morgan fingerprint density at radius 3 is 2.40 bits per heavy atom. The van der Waals surface area contributed by atoms with Crippen molar-refractivity contribution in [1.82, 2.24) is 10.6 Å². The van der Waals surface area contributed by atoms with Crippen molar-refractivity contribution in [2.24, 2.45) is 11.3 Å². The number of nitrogens with one attached hydrogen (secondary N) is 2. The fourth-order valence-corrected chi connectivity index (χ4v) is 1.49. The first kappa shape index (κ1) is 10.3. The molecule has 15 heavy (non-hydrogen) atoms. The quantitative estimate of drug-likeness (QED) is 0.623. The average Bonchev–Trinajstić information content (AvgIpc) is 3.05. The number of urea groups is 1. The second kappa shape index (κ2) is 3.72. The van der Waals surface area contributed by atoms with Crippen molar-refractivity contribution in [3.8, 4) is 0 Å². The number of carbonyl (C=O) groups excluding carboxylic acids is 1. The lowest BCUT2D eigenvalue weighted by Gasteiger charge is -2.11. The van der Waals surface area contributed by atoms with Crippen molar-refractivity contribution in [1.29, 1.82) is 0 Å². The molecule has 2 fully saturated rings. The molecule has 0 heterocycles. The highest BCUT2D eigenvalue weighted by molar-refractivity contribution is 5.80. The van der Waals surface area contributed by atoms with Crippen LogP contribution in [0.2, 0.25) is 0 Å². The molecule has 0 aliphatic heterocycles. The van der Waals surface area contributed by atoms with Crippen LogP contribution in [0.25, 0.3) is 0 Å². The van der Waals surface area contributed by atoms with Crippen LogP contribution in [0.5, 0.6) is 0 Å². The van der Waals surface area contributed by atoms with Gasteiger partial charge in [0.1, 0.15) is 0 Å². The molecule has 3 N–H and O–H groups in total. The van der Waals surface area contributed by atoms with Crippen molar-refractivity contribution in [3.05, 3.63) is 0 Å². The van der Waals surface area contributed by atoms with Crippen LogP contribution in [0.15, 0.2) is 0 Å². The van der Waals surface area contributed by atoms with Crippen LogP contribution in [0.3, 0.4) is 0 Å². The third-order valence-electron chi connectivity index (χ3n) is 3.14. The molecule has 0 saturated heterocycles. The molecule has 2 saturated carbocycles. The predicted molar refractivity (Wildman–Crippen MR) is 53.4 cm³/mol. The van der Waals surface area contributed by atoms with E-state index in [1.165, 1.54) is 12.8 Å². The molecule has 0 unspecified atom stereocenters. The van der Waals surface area contributed by atoms with Crippen LogP contribution in [-0.4, -0.2) is 30.2 Å². The van der Waals surface area contributed by atoms with Crippen molar-refractivity contribution >= 4 is 12.0 Å². The number of rotatable bonds is 5. The number of amides is 2. The summed E-state index contributed by atoms with van der Waals surface area (Å²) in [5, 5.41) is 14.2. The van der Waals surface area contributed by atoms with Gasteiger partial charge < -0.3 is 15.7 Å². The van der Waals surface area contributed by atoms with Crippen molar-refractivity contribution in [2.75, 3.05) is 13.1 Å². The summed E-state index contributed by atoms with van der Waals surface area (Å²) in [6.07, 6.45) is 3.73.